The number of hydrogen-bond acceptors (Lipinski definition) is 10. The van der Waals surface area contributed by atoms with Crippen molar-refractivity contribution in [2.75, 3.05) is 51.8 Å². The molecule has 11 heteroatoms. The third-order valence-corrected chi connectivity index (χ3v) is 7.05. The van der Waals surface area contributed by atoms with Crippen molar-refractivity contribution in [3.05, 3.63) is 41.0 Å². The number of amides is 1. The number of oxime groups is 1. The van der Waals surface area contributed by atoms with Crippen molar-refractivity contribution in [1.29, 1.82) is 0 Å². The molecule has 2 aliphatic heterocycles. The molecule has 2 unspecified atom stereocenters. The van der Waals surface area contributed by atoms with Gasteiger partial charge in [0, 0.05) is 24.9 Å². The average Bonchev–Trinajstić information content (AvgIpc) is 3.40. The molecule has 2 aliphatic rings. The van der Waals surface area contributed by atoms with Crippen LogP contribution < -0.4 is 15.7 Å². The number of hydrogen-bond donors (Lipinski definition) is 1. The summed E-state index contributed by atoms with van der Waals surface area (Å²) in [6.07, 6.45) is 4.96. The molecule has 0 radical (unpaired) electrons. The van der Waals surface area contributed by atoms with Crippen LogP contribution in [0.3, 0.4) is 0 Å². The number of morpholine rings is 1. The van der Waals surface area contributed by atoms with Gasteiger partial charge < -0.3 is 24.0 Å². The van der Waals surface area contributed by atoms with Crippen LogP contribution in [0.15, 0.2) is 44.1 Å². The van der Waals surface area contributed by atoms with Crippen LogP contribution in [0.2, 0.25) is 0 Å². The summed E-state index contributed by atoms with van der Waals surface area (Å²) >= 11 is 1.48. The molecule has 0 bridgehead atoms. The van der Waals surface area contributed by atoms with Gasteiger partial charge in [0.2, 0.25) is 5.91 Å². The molecule has 0 saturated carbocycles. The fourth-order valence-electron chi connectivity index (χ4n) is 3.94. The molecule has 1 N–H and O–H groups in total. The molecule has 1 fully saturated rings. The quantitative estimate of drug-likeness (QED) is 0.158. The first-order valence-corrected chi connectivity index (χ1v) is 13.9. The van der Waals surface area contributed by atoms with Gasteiger partial charge in [-0.3, -0.25) is 14.7 Å². The van der Waals surface area contributed by atoms with Gasteiger partial charge in [0.15, 0.2) is 0 Å². The summed E-state index contributed by atoms with van der Waals surface area (Å²) in [6, 6.07) is 1.90. The minimum atomic E-state index is -0.551. The fourth-order valence-corrected chi connectivity index (χ4v) is 4.93. The van der Waals surface area contributed by atoms with Crippen LogP contribution in [0.5, 0.6) is 5.75 Å². The second-order valence-electron chi connectivity index (χ2n) is 8.90. The Morgan fingerprint density at radius 2 is 2.19 bits per heavy atom. The lowest BCUT2D eigenvalue weighted by atomic mass is 10.1. The summed E-state index contributed by atoms with van der Waals surface area (Å²) in [7, 11) is 0. The Labute approximate surface area is 222 Å². The van der Waals surface area contributed by atoms with Gasteiger partial charge in [-0.25, -0.2) is 4.79 Å². The fraction of sp³-hybridized carbons (Fsp3) is 0.615. The highest BCUT2D eigenvalue weighted by Gasteiger charge is 2.29. The molecular weight excluding hydrogens is 496 g/mol. The summed E-state index contributed by atoms with van der Waals surface area (Å²) in [5.74, 6) is 1.03. The zero-order chi connectivity index (χ0) is 26.5. The molecule has 37 heavy (non-hydrogen) atoms. The molecule has 1 aromatic heterocycles. The minimum Gasteiger partial charge on any atom is -0.489 e. The number of ether oxygens (including phenoxy) is 2. The number of carbonyl (C=O) groups excluding carboxylic acids is 1. The van der Waals surface area contributed by atoms with Crippen molar-refractivity contribution in [3.63, 3.8) is 0 Å². The van der Waals surface area contributed by atoms with Crippen LogP contribution in [0, 0.1) is 0 Å². The second-order valence-corrected chi connectivity index (χ2v) is 9.90. The van der Waals surface area contributed by atoms with Crippen LogP contribution in [0.4, 0.5) is 0 Å². The van der Waals surface area contributed by atoms with E-state index in [2.05, 4.69) is 26.9 Å². The van der Waals surface area contributed by atoms with E-state index in [4.69, 9.17) is 18.7 Å². The summed E-state index contributed by atoms with van der Waals surface area (Å²) < 4.78 is 16.2. The van der Waals surface area contributed by atoms with E-state index in [-0.39, 0.29) is 12.5 Å². The van der Waals surface area contributed by atoms with Crippen LogP contribution >= 0.6 is 11.8 Å². The molecule has 1 saturated heterocycles. The number of carbonyl (C=O) groups is 1. The normalized spacial score (nSPS) is 19.2. The van der Waals surface area contributed by atoms with E-state index in [1.165, 1.54) is 17.8 Å². The molecule has 10 nitrogen and oxygen atoms in total. The Bertz CT molecular complexity index is 1010. The second kappa shape index (κ2) is 15.6. The molecule has 2 atom stereocenters. The Balaban J connectivity index is 1.49. The predicted molar refractivity (Wildman–Crippen MR) is 146 cm³/mol. The van der Waals surface area contributed by atoms with Crippen LogP contribution in [0.25, 0.3) is 0 Å². The standard InChI is InChI=1S/C26H38N4O6S/c1-4-8-21(23-16-20(34-12-5-2)17-24(31)36-23)27-25(32)22-18-37-26(28-22)19(3)29-35-13-7-6-9-30-10-14-33-15-11-30/h5,16-17,21-22H,2,4,6-15,18H2,1,3H3,(H,27,32)/b29-19+. The number of aliphatic imine (C=N–C) groups is 1. The number of thioether (sulfide) groups is 1. The zero-order valence-corrected chi connectivity index (χ0v) is 22.6. The lowest BCUT2D eigenvalue weighted by molar-refractivity contribution is -0.122. The molecule has 0 aromatic carbocycles. The Morgan fingerprint density at radius 3 is 2.95 bits per heavy atom. The predicted octanol–water partition coefficient (Wildman–Crippen LogP) is 3.18. The van der Waals surface area contributed by atoms with E-state index in [9.17, 15) is 9.59 Å². The van der Waals surface area contributed by atoms with Crippen molar-refractivity contribution in [2.45, 2.75) is 51.6 Å². The first-order chi connectivity index (χ1) is 18.0. The maximum Gasteiger partial charge on any atom is 0.339 e. The molecule has 1 aromatic rings. The molecule has 204 valence electrons. The SMILES string of the molecule is C=CCOc1cc(C(CCC)NC(=O)C2CSC(/C(C)=N/OCCCCN3CCOCC3)=N2)oc(=O)c1. The Morgan fingerprint density at radius 1 is 1.38 bits per heavy atom. The van der Waals surface area contributed by atoms with E-state index in [0.717, 1.165) is 52.1 Å². The van der Waals surface area contributed by atoms with Gasteiger partial charge in [0.05, 0.1) is 25.3 Å². The van der Waals surface area contributed by atoms with Gasteiger partial charge in [0.1, 0.15) is 41.5 Å². The van der Waals surface area contributed by atoms with Crippen molar-refractivity contribution in [3.8, 4) is 5.75 Å². The maximum atomic E-state index is 13.0. The number of nitrogens with zero attached hydrogens (tertiary/aromatic N) is 3. The lowest BCUT2D eigenvalue weighted by Gasteiger charge is -2.26. The highest BCUT2D eigenvalue weighted by molar-refractivity contribution is 8.16. The van der Waals surface area contributed by atoms with Gasteiger partial charge in [-0.05, 0) is 32.7 Å². The van der Waals surface area contributed by atoms with E-state index in [0.29, 0.717) is 41.0 Å². The smallest absolute Gasteiger partial charge is 0.339 e. The number of rotatable bonds is 15. The van der Waals surface area contributed by atoms with Crippen molar-refractivity contribution in [2.24, 2.45) is 10.1 Å². The van der Waals surface area contributed by atoms with Gasteiger partial charge >= 0.3 is 5.63 Å². The van der Waals surface area contributed by atoms with E-state index in [1.54, 1.807) is 12.1 Å². The van der Waals surface area contributed by atoms with Crippen molar-refractivity contribution >= 4 is 28.4 Å². The first-order valence-electron chi connectivity index (χ1n) is 12.9. The zero-order valence-electron chi connectivity index (χ0n) is 21.8. The Hall–Kier alpha value is -2.63. The molecule has 3 rings (SSSR count). The Kier molecular flexibility index (Phi) is 12.2. The van der Waals surface area contributed by atoms with Gasteiger partial charge in [-0.1, -0.05) is 31.2 Å². The summed E-state index contributed by atoms with van der Waals surface area (Å²) in [5, 5.41) is 7.88. The van der Waals surface area contributed by atoms with Crippen molar-refractivity contribution in [1.82, 2.24) is 10.2 Å². The number of unbranched alkanes of at least 4 members (excludes halogenated alkanes) is 1. The molecule has 1 amide bonds. The first kappa shape index (κ1) is 28.9. The topological polar surface area (TPSA) is 115 Å². The van der Waals surface area contributed by atoms with Gasteiger partial charge in [-0.2, -0.15) is 0 Å². The van der Waals surface area contributed by atoms with E-state index in [1.807, 2.05) is 13.8 Å². The van der Waals surface area contributed by atoms with Gasteiger partial charge in [-0.15, -0.1) is 11.8 Å². The minimum absolute atomic E-state index is 0.224. The molecule has 3 heterocycles. The van der Waals surface area contributed by atoms with Crippen molar-refractivity contribution < 1.29 is 23.5 Å². The molecule has 0 aliphatic carbocycles. The maximum absolute atomic E-state index is 13.0. The third-order valence-electron chi connectivity index (χ3n) is 5.90. The average molecular weight is 535 g/mol. The van der Waals surface area contributed by atoms with Crippen LogP contribution in [-0.4, -0.2) is 79.4 Å². The van der Waals surface area contributed by atoms with E-state index >= 15 is 0 Å². The number of nitrogens with one attached hydrogen (secondary N) is 1. The third kappa shape index (κ3) is 9.64. The summed E-state index contributed by atoms with van der Waals surface area (Å²) in [5.41, 5.74) is 0.133. The highest BCUT2D eigenvalue weighted by Crippen LogP contribution is 2.24. The summed E-state index contributed by atoms with van der Waals surface area (Å²) in [6.45, 7) is 12.9. The largest absolute Gasteiger partial charge is 0.489 e. The van der Waals surface area contributed by atoms with Crippen LogP contribution in [0.1, 0.15) is 51.3 Å². The van der Waals surface area contributed by atoms with Crippen LogP contribution in [-0.2, 0) is 14.4 Å². The van der Waals surface area contributed by atoms with E-state index < -0.39 is 17.7 Å². The van der Waals surface area contributed by atoms with Gasteiger partial charge in [0.25, 0.3) is 0 Å². The molecule has 0 spiro atoms. The summed E-state index contributed by atoms with van der Waals surface area (Å²) in [4.78, 5) is 37.5. The highest BCUT2D eigenvalue weighted by atomic mass is 32.2. The molecular formula is C26H38N4O6S. The monoisotopic (exact) mass is 534 g/mol. The lowest BCUT2D eigenvalue weighted by Crippen LogP contribution is -2.37.